The Morgan fingerprint density at radius 2 is 2.05 bits per heavy atom. The second-order valence-corrected chi connectivity index (χ2v) is 7.49. The van der Waals surface area contributed by atoms with Gasteiger partial charge in [-0.15, -0.1) is 11.8 Å². The summed E-state index contributed by atoms with van der Waals surface area (Å²) in [6, 6.07) is 11.0. The zero-order valence-electron chi connectivity index (χ0n) is 10.7. The van der Waals surface area contributed by atoms with Crippen LogP contribution in [0.15, 0.2) is 50.2 Å². The molecule has 2 rings (SSSR count). The molecule has 21 heavy (non-hydrogen) atoms. The maximum atomic E-state index is 14.2. The Bertz CT molecular complexity index is 642. The van der Waals surface area contributed by atoms with E-state index in [1.807, 2.05) is 24.3 Å². The molecule has 112 valence electrons. The van der Waals surface area contributed by atoms with E-state index < -0.39 is 5.82 Å². The van der Waals surface area contributed by atoms with Gasteiger partial charge in [0.2, 0.25) is 0 Å². The van der Waals surface area contributed by atoms with Gasteiger partial charge in [-0.1, -0.05) is 39.7 Å². The minimum absolute atomic E-state index is 0.0696. The molecular formula is C14H12Br2ClFN2S. The fraction of sp³-hybridized carbons (Fsp3) is 0.143. The summed E-state index contributed by atoms with van der Waals surface area (Å²) in [6.07, 6.45) is 0. The molecule has 0 radical (unpaired) electrons. The van der Waals surface area contributed by atoms with Crippen LogP contribution in [0.4, 0.5) is 4.39 Å². The van der Waals surface area contributed by atoms with Crippen molar-refractivity contribution in [1.82, 2.24) is 5.43 Å². The van der Waals surface area contributed by atoms with Crippen molar-refractivity contribution >= 4 is 55.2 Å². The number of rotatable bonds is 5. The van der Waals surface area contributed by atoms with Crippen molar-refractivity contribution in [2.45, 2.75) is 10.9 Å². The fourth-order valence-electron chi connectivity index (χ4n) is 1.77. The Balaban J connectivity index is 2.15. The van der Waals surface area contributed by atoms with Crippen molar-refractivity contribution in [1.29, 1.82) is 0 Å². The van der Waals surface area contributed by atoms with Crippen LogP contribution in [-0.2, 0) is 0 Å². The quantitative estimate of drug-likeness (QED) is 0.279. The molecule has 2 nitrogen and oxygen atoms in total. The van der Waals surface area contributed by atoms with E-state index in [1.54, 1.807) is 23.9 Å². The van der Waals surface area contributed by atoms with Gasteiger partial charge < -0.3 is 0 Å². The van der Waals surface area contributed by atoms with Crippen LogP contribution in [0.1, 0.15) is 11.6 Å². The van der Waals surface area contributed by atoms with Crippen LogP contribution in [0.5, 0.6) is 0 Å². The second-order valence-electron chi connectivity index (χ2n) is 4.25. The molecular weight excluding hydrogens is 442 g/mol. The number of thioether (sulfide) groups is 1. The first-order valence-electron chi connectivity index (χ1n) is 6.01. The highest BCUT2D eigenvalue weighted by Gasteiger charge is 2.18. The van der Waals surface area contributed by atoms with E-state index in [9.17, 15) is 4.39 Å². The molecule has 0 fully saturated rings. The highest BCUT2D eigenvalue weighted by Crippen LogP contribution is 2.33. The Labute approximate surface area is 148 Å². The van der Waals surface area contributed by atoms with Gasteiger partial charge in [-0.05, 0) is 40.2 Å². The molecule has 0 saturated heterocycles. The molecule has 0 aliphatic heterocycles. The molecule has 0 aliphatic carbocycles. The number of nitrogens with one attached hydrogen (secondary N) is 1. The minimum Gasteiger partial charge on any atom is -0.271 e. The third kappa shape index (κ3) is 4.43. The van der Waals surface area contributed by atoms with E-state index in [1.165, 1.54) is 0 Å². The molecule has 0 aliphatic rings. The molecule has 3 N–H and O–H groups in total. The van der Waals surface area contributed by atoms with Gasteiger partial charge in [-0.3, -0.25) is 11.3 Å². The predicted octanol–water partition coefficient (Wildman–Crippen LogP) is 5.30. The van der Waals surface area contributed by atoms with Crippen LogP contribution in [0.3, 0.4) is 0 Å². The summed E-state index contributed by atoms with van der Waals surface area (Å²) in [5.41, 5.74) is 3.10. The number of nitrogens with two attached hydrogens (primary N) is 1. The Morgan fingerprint density at radius 1 is 1.29 bits per heavy atom. The third-order valence-corrected chi connectivity index (χ3v) is 5.69. The normalized spacial score (nSPS) is 12.4. The molecule has 0 heterocycles. The molecule has 2 aromatic rings. The van der Waals surface area contributed by atoms with Gasteiger partial charge >= 0.3 is 0 Å². The maximum absolute atomic E-state index is 14.2. The molecule has 7 heteroatoms. The summed E-state index contributed by atoms with van der Waals surface area (Å²) < 4.78 is 15.7. The van der Waals surface area contributed by atoms with Gasteiger partial charge in [0.25, 0.3) is 0 Å². The number of halogens is 4. The lowest BCUT2D eigenvalue weighted by Crippen LogP contribution is -2.30. The average Bonchev–Trinajstić information content (AvgIpc) is 2.47. The van der Waals surface area contributed by atoms with Crippen LogP contribution >= 0.6 is 55.2 Å². The third-order valence-electron chi connectivity index (χ3n) is 2.85. The van der Waals surface area contributed by atoms with Crippen molar-refractivity contribution in [2.75, 3.05) is 5.75 Å². The van der Waals surface area contributed by atoms with Gasteiger partial charge in [0.15, 0.2) is 0 Å². The Kier molecular flexibility index (Phi) is 6.52. The molecule has 0 saturated carbocycles. The molecule has 0 amide bonds. The summed E-state index contributed by atoms with van der Waals surface area (Å²) in [4.78, 5) is 1.08. The first kappa shape index (κ1) is 17.2. The lowest BCUT2D eigenvalue weighted by molar-refractivity contribution is 0.546. The van der Waals surface area contributed by atoms with Crippen LogP contribution < -0.4 is 11.3 Å². The highest BCUT2D eigenvalue weighted by atomic mass is 79.9. The molecule has 0 bridgehead atoms. The fourth-order valence-corrected chi connectivity index (χ4v) is 3.82. The first-order chi connectivity index (χ1) is 10.0. The standard InChI is InChI=1S/C14H12Br2ClFN2S/c15-8-2-1-3-9(6-8)21-7-12(20-19)10-4-5-11(16)13(17)14(10)18/h1-6,12,20H,7,19H2. The predicted molar refractivity (Wildman–Crippen MR) is 94.0 cm³/mol. The summed E-state index contributed by atoms with van der Waals surface area (Å²) in [7, 11) is 0. The number of hydrogen-bond donors (Lipinski definition) is 2. The van der Waals surface area contributed by atoms with Crippen molar-refractivity contribution < 1.29 is 4.39 Å². The molecule has 0 spiro atoms. The summed E-state index contributed by atoms with van der Waals surface area (Å²) in [6.45, 7) is 0. The van der Waals surface area contributed by atoms with Crippen molar-refractivity contribution in [3.63, 3.8) is 0 Å². The van der Waals surface area contributed by atoms with Crippen LogP contribution in [-0.4, -0.2) is 5.75 Å². The zero-order valence-corrected chi connectivity index (χ0v) is 15.5. The first-order valence-corrected chi connectivity index (χ1v) is 8.95. The molecule has 0 aromatic heterocycles. The molecule has 2 aromatic carbocycles. The van der Waals surface area contributed by atoms with Crippen molar-refractivity contribution in [2.24, 2.45) is 5.84 Å². The lowest BCUT2D eigenvalue weighted by atomic mass is 10.1. The summed E-state index contributed by atoms with van der Waals surface area (Å²) in [5, 5.41) is 0.0696. The van der Waals surface area contributed by atoms with Gasteiger partial charge in [0.05, 0.1) is 11.1 Å². The van der Waals surface area contributed by atoms with E-state index in [2.05, 4.69) is 37.3 Å². The van der Waals surface area contributed by atoms with Crippen molar-refractivity contribution in [3.05, 3.63) is 61.7 Å². The Morgan fingerprint density at radius 3 is 2.71 bits per heavy atom. The second kappa shape index (κ2) is 7.94. The lowest BCUT2D eigenvalue weighted by Gasteiger charge is -2.17. The van der Waals surface area contributed by atoms with Crippen LogP contribution in [0, 0.1) is 5.82 Å². The van der Waals surface area contributed by atoms with E-state index >= 15 is 0 Å². The number of hydrazine groups is 1. The highest BCUT2D eigenvalue weighted by molar-refractivity contribution is 9.10. The monoisotopic (exact) mass is 452 g/mol. The van der Waals surface area contributed by atoms with Gasteiger partial charge in [0, 0.05) is 25.2 Å². The summed E-state index contributed by atoms with van der Waals surface area (Å²) >= 11 is 14.1. The van der Waals surface area contributed by atoms with E-state index in [0.29, 0.717) is 15.8 Å². The van der Waals surface area contributed by atoms with Crippen LogP contribution in [0.2, 0.25) is 5.02 Å². The van der Waals surface area contributed by atoms with Crippen LogP contribution in [0.25, 0.3) is 0 Å². The maximum Gasteiger partial charge on any atom is 0.147 e. The van der Waals surface area contributed by atoms with Gasteiger partial charge in [-0.2, -0.15) is 0 Å². The topological polar surface area (TPSA) is 38.0 Å². The smallest absolute Gasteiger partial charge is 0.147 e. The van der Waals surface area contributed by atoms with E-state index in [-0.39, 0.29) is 11.1 Å². The number of hydrogen-bond acceptors (Lipinski definition) is 3. The van der Waals surface area contributed by atoms with Crippen molar-refractivity contribution in [3.8, 4) is 0 Å². The van der Waals surface area contributed by atoms with Gasteiger partial charge in [-0.25, -0.2) is 4.39 Å². The number of benzene rings is 2. The van der Waals surface area contributed by atoms with E-state index in [0.717, 1.165) is 9.37 Å². The Hall–Kier alpha value is -0.110. The molecule has 1 unspecified atom stereocenters. The van der Waals surface area contributed by atoms with Gasteiger partial charge in [0.1, 0.15) is 5.82 Å². The molecule has 1 atom stereocenters. The summed E-state index contributed by atoms with van der Waals surface area (Å²) in [5.74, 6) is 5.69. The SMILES string of the molecule is NNC(CSc1cccc(Br)c1)c1ccc(Br)c(Cl)c1F. The average molecular weight is 455 g/mol. The minimum atomic E-state index is -0.455. The van der Waals surface area contributed by atoms with E-state index in [4.69, 9.17) is 17.4 Å². The largest absolute Gasteiger partial charge is 0.271 e. The zero-order chi connectivity index (χ0) is 15.4.